The van der Waals surface area contributed by atoms with Crippen LogP contribution in [0.4, 0.5) is 17.2 Å². The summed E-state index contributed by atoms with van der Waals surface area (Å²) >= 11 is 0. The molecule has 6 heteroatoms. The summed E-state index contributed by atoms with van der Waals surface area (Å²) in [5.74, 6) is 1.67. The number of carbonyl (C=O) groups excluding carboxylic acids is 1. The van der Waals surface area contributed by atoms with Crippen molar-refractivity contribution in [2.24, 2.45) is 0 Å². The lowest BCUT2D eigenvalue weighted by molar-refractivity contribution is 0.102. The van der Waals surface area contributed by atoms with Crippen molar-refractivity contribution in [1.29, 1.82) is 0 Å². The summed E-state index contributed by atoms with van der Waals surface area (Å²) in [7, 11) is 3.08. The van der Waals surface area contributed by atoms with Gasteiger partial charge in [0.15, 0.2) is 11.5 Å². The van der Waals surface area contributed by atoms with Gasteiger partial charge in [0.2, 0.25) is 0 Å². The molecule has 0 aliphatic heterocycles. The van der Waals surface area contributed by atoms with Crippen molar-refractivity contribution in [3.8, 4) is 11.5 Å². The monoisotopic (exact) mass is 391 g/mol. The van der Waals surface area contributed by atoms with Gasteiger partial charge < -0.3 is 20.1 Å². The molecule has 2 N–H and O–H groups in total. The van der Waals surface area contributed by atoms with Crippen molar-refractivity contribution in [3.63, 3.8) is 0 Å². The molecule has 2 aromatic carbocycles. The van der Waals surface area contributed by atoms with Crippen molar-refractivity contribution in [1.82, 2.24) is 4.98 Å². The van der Waals surface area contributed by atoms with E-state index in [-0.39, 0.29) is 5.91 Å². The molecule has 1 heterocycles. The zero-order valence-electron chi connectivity index (χ0n) is 17.0. The Kier molecular flexibility index (Phi) is 6.34. The molecule has 1 amide bonds. The van der Waals surface area contributed by atoms with Gasteiger partial charge in [-0.3, -0.25) is 4.79 Å². The van der Waals surface area contributed by atoms with Crippen LogP contribution in [0, 0.1) is 0 Å². The van der Waals surface area contributed by atoms with Crippen LogP contribution in [0.1, 0.15) is 35.7 Å². The Bertz CT molecular complexity index is 985. The van der Waals surface area contributed by atoms with E-state index in [1.165, 1.54) is 12.7 Å². The third-order valence-corrected chi connectivity index (χ3v) is 4.51. The number of para-hydroxylation sites is 1. The Hall–Kier alpha value is -3.54. The minimum atomic E-state index is -0.274. The second-order valence-corrected chi connectivity index (χ2v) is 6.82. The van der Waals surface area contributed by atoms with E-state index >= 15 is 0 Å². The van der Waals surface area contributed by atoms with E-state index in [0.717, 1.165) is 11.4 Å². The number of carbonyl (C=O) groups is 1. The molecular weight excluding hydrogens is 366 g/mol. The molecule has 1 aromatic heterocycles. The number of nitrogens with zero attached hydrogens (tertiary/aromatic N) is 1. The molecule has 0 aliphatic rings. The molecule has 0 fully saturated rings. The predicted molar refractivity (Wildman–Crippen MR) is 116 cm³/mol. The predicted octanol–water partition coefficient (Wildman–Crippen LogP) is 5.22. The molecule has 3 rings (SSSR count). The van der Waals surface area contributed by atoms with Crippen molar-refractivity contribution < 1.29 is 14.3 Å². The molecule has 29 heavy (non-hydrogen) atoms. The van der Waals surface area contributed by atoms with E-state index < -0.39 is 0 Å². The summed E-state index contributed by atoms with van der Waals surface area (Å²) in [5.41, 5.74) is 3.59. The molecular formula is C23H25N3O3. The summed E-state index contributed by atoms with van der Waals surface area (Å²) in [6, 6.07) is 16.8. The number of hydrogen-bond acceptors (Lipinski definition) is 5. The summed E-state index contributed by atoms with van der Waals surface area (Å²) in [6.07, 6.45) is 1.70. The highest BCUT2D eigenvalue weighted by molar-refractivity contribution is 6.04. The van der Waals surface area contributed by atoms with Gasteiger partial charge in [-0.25, -0.2) is 4.98 Å². The lowest BCUT2D eigenvalue weighted by Crippen LogP contribution is -2.13. The van der Waals surface area contributed by atoms with Gasteiger partial charge in [0.1, 0.15) is 5.82 Å². The topological polar surface area (TPSA) is 72.5 Å². The number of amides is 1. The Morgan fingerprint density at radius 1 is 0.966 bits per heavy atom. The summed E-state index contributed by atoms with van der Waals surface area (Å²) < 4.78 is 10.4. The van der Waals surface area contributed by atoms with Crippen LogP contribution < -0.4 is 20.1 Å². The second kappa shape index (κ2) is 9.10. The largest absolute Gasteiger partial charge is 0.493 e. The summed E-state index contributed by atoms with van der Waals surface area (Å²) in [5, 5.41) is 6.18. The zero-order valence-corrected chi connectivity index (χ0v) is 17.0. The number of anilines is 3. The third-order valence-electron chi connectivity index (χ3n) is 4.51. The van der Waals surface area contributed by atoms with Crippen LogP contribution in [0.25, 0.3) is 0 Å². The fourth-order valence-corrected chi connectivity index (χ4v) is 2.98. The van der Waals surface area contributed by atoms with Crippen LogP contribution in [0.2, 0.25) is 0 Å². The van der Waals surface area contributed by atoms with Crippen molar-refractivity contribution in [2.75, 3.05) is 24.9 Å². The van der Waals surface area contributed by atoms with Crippen molar-refractivity contribution in [3.05, 3.63) is 71.9 Å². The lowest BCUT2D eigenvalue weighted by atomic mass is 10.0. The van der Waals surface area contributed by atoms with E-state index in [9.17, 15) is 4.79 Å². The van der Waals surface area contributed by atoms with Gasteiger partial charge in [-0.15, -0.1) is 0 Å². The fourth-order valence-electron chi connectivity index (χ4n) is 2.98. The molecule has 0 unspecified atom stereocenters. The Morgan fingerprint density at radius 2 is 1.72 bits per heavy atom. The van der Waals surface area contributed by atoms with Crippen molar-refractivity contribution in [2.45, 2.75) is 19.8 Å². The number of aromatic nitrogens is 1. The van der Waals surface area contributed by atoms with Gasteiger partial charge in [0.25, 0.3) is 5.91 Å². The smallest absolute Gasteiger partial charge is 0.256 e. The van der Waals surface area contributed by atoms with Gasteiger partial charge in [0.05, 0.1) is 26.1 Å². The van der Waals surface area contributed by atoms with Gasteiger partial charge in [-0.2, -0.15) is 0 Å². The zero-order chi connectivity index (χ0) is 20.8. The van der Waals surface area contributed by atoms with Crippen LogP contribution >= 0.6 is 0 Å². The average molecular weight is 391 g/mol. The molecule has 6 nitrogen and oxygen atoms in total. The maximum Gasteiger partial charge on any atom is 0.256 e. The normalized spacial score (nSPS) is 10.5. The van der Waals surface area contributed by atoms with Crippen LogP contribution in [0.5, 0.6) is 11.5 Å². The van der Waals surface area contributed by atoms with Crippen LogP contribution in [0.3, 0.4) is 0 Å². The SMILES string of the molecule is COc1ccc(C(=O)Nc2ccc(Nc3ccccc3C(C)C)cn2)cc1OC. The second-order valence-electron chi connectivity index (χ2n) is 6.82. The van der Waals surface area contributed by atoms with E-state index in [4.69, 9.17) is 9.47 Å². The highest BCUT2D eigenvalue weighted by Crippen LogP contribution is 2.28. The van der Waals surface area contributed by atoms with Crippen LogP contribution in [0.15, 0.2) is 60.8 Å². The quantitative estimate of drug-likeness (QED) is 0.578. The van der Waals surface area contributed by atoms with Gasteiger partial charge in [0, 0.05) is 11.3 Å². The standard InChI is InChI=1S/C23H25N3O3/c1-15(2)18-7-5-6-8-19(18)25-17-10-12-22(24-14-17)26-23(27)16-9-11-20(28-3)21(13-16)29-4/h5-15,25H,1-4H3,(H,24,26,27). The molecule has 0 radical (unpaired) electrons. The van der Waals surface area contributed by atoms with Crippen molar-refractivity contribution >= 4 is 23.1 Å². The summed E-state index contributed by atoms with van der Waals surface area (Å²) in [6.45, 7) is 4.32. The van der Waals surface area contributed by atoms with E-state index in [2.05, 4.69) is 35.5 Å². The Balaban J connectivity index is 1.70. The van der Waals surface area contributed by atoms with Gasteiger partial charge in [-0.05, 0) is 47.9 Å². The number of hydrogen-bond donors (Lipinski definition) is 2. The molecule has 3 aromatic rings. The Morgan fingerprint density at radius 3 is 2.38 bits per heavy atom. The van der Waals surface area contributed by atoms with E-state index in [1.54, 1.807) is 37.6 Å². The lowest BCUT2D eigenvalue weighted by Gasteiger charge is -2.14. The van der Waals surface area contributed by atoms with Gasteiger partial charge >= 0.3 is 0 Å². The fraction of sp³-hybridized carbons (Fsp3) is 0.217. The number of rotatable bonds is 7. The average Bonchev–Trinajstić information content (AvgIpc) is 2.74. The number of benzene rings is 2. The molecule has 0 saturated carbocycles. The molecule has 0 saturated heterocycles. The summed E-state index contributed by atoms with van der Waals surface area (Å²) in [4.78, 5) is 16.9. The minimum Gasteiger partial charge on any atom is -0.493 e. The third kappa shape index (κ3) is 4.85. The highest BCUT2D eigenvalue weighted by atomic mass is 16.5. The number of ether oxygens (including phenoxy) is 2. The number of nitrogens with one attached hydrogen (secondary N) is 2. The molecule has 0 aliphatic carbocycles. The van der Waals surface area contributed by atoms with Crippen LogP contribution in [-0.4, -0.2) is 25.1 Å². The van der Waals surface area contributed by atoms with E-state index in [0.29, 0.717) is 28.8 Å². The molecule has 150 valence electrons. The van der Waals surface area contributed by atoms with Gasteiger partial charge in [-0.1, -0.05) is 32.0 Å². The van der Waals surface area contributed by atoms with Crippen LogP contribution in [-0.2, 0) is 0 Å². The molecule has 0 spiro atoms. The highest BCUT2D eigenvalue weighted by Gasteiger charge is 2.12. The number of methoxy groups -OCH3 is 2. The maximum absolute atomic E-state index is 12.5. The first-order chi connectivity index (χ1) is 14.0. The first-order valence-electron chi connectivity index (χ1n) is 9.37. The molecule has 0 atom stereocenters. The first kappa shape index (κ1) is 20.2. The van der Waals surface area contributed by atoms with E-state index in [1.807, 2.05) is 24.3 Å². The minimum absolute atomic E-state index is 0.274. The Labute approximate surface area is 170 Å². The maximum atomic E-state index is 12.5. The first-order valence-corrected chi connectivity index (χ1v) is 9.37. The molecule has 0 bridgehead atoms. The number of pyridine rings is 1.